The number of benzene rings is 1. The Morgan fingerprint density at radius 1 is 1.12 bits per heavy atom. The summed E-state index contributed by atoms with van der Waals surface area (Å²) in [4.78, 5) is 34.8. The number of ether oxygens (including phenoxy) is 2. The van der Waals surface area contributed by atoms with Gasteiger partial charge in [0, 0.05) is 0 Å². The number of methoxy groups -OCH3 is 1. The van der Waals surface area contributed by atoms with Gasteiger partial charge in [-0.05, 0) is 31.1 Å². The molecule has 0 amide bonds. The zero-order chi connectivity index (χ0) is 18.1. The topological polar surface area (TPSA) is 110 Å². The van der Waals surface area contributed by atoms with E-state index in [1.54, 1.807) is 12.1 Å². The van der Waals surface area contributed by atoms with Crippen LogP contribution in [0.15, 0.2) is 36.9 Å². The fourth-order valence-corrected chi connectivity index (χ4v) is 1.91. The number of ketones is 1. The van der Waals surface area contributed by atoms with Crippen LogP contribution in [0.1, 0.15) is 33.6 Å². The van der Waals surface area contributed by atoms with Crippen molar-refractivity contribution in [2.24, 2.45) is 0 Å². The second-order valence-corrected chi connectivity index (χ2v) is 4.99. The standard InChI is InChI=1S/C17H20O7/c1-3-14(19)15(20)9-8-11(18)10-24-17(22)13-7-5-4-6-12(13)16(21)23-2/h3-7,11,15,18,20H,1,8-10H2,2H3. The Hall–Kier alpha value is -2.51. The molecule has 0 spiro atoms. The van der Waals surface area contributed by atoms with Crippen LogP contribution in [-0.4, -0.2) is 53.9 Å². The summed E-state index contributed by atoms with van der Waals surface area (Å²) in [6.07, 6.45) is -1.21. The molecule has 0 radical (unpaired) electrons. The van der Waals surface area contributed by atoms with Crippen molar-refractivity contribution in [3.63, 3.8) is 0 Å². The minimum Gasteiger partial charge on any atom is -0.465 e. The van der Waals surface area contributed by atoms with Crippen LogP contribution in [-0.2, 0) is 14.3 Å². The lowest BCUT2D eigenvalue weighted by Gasteiger charge is -2.14. The summed E-state index contributed by atoms with van der Waals surface area (Å²) < 4.78 is 9.55. The fraction of sp³-hybridized carbons (Fsp3) is 0.353. The molecular weight excluding hydrogens is 316 g/mol. The molecule has 0 heterocycles. The van der Waals surface area contributed by atoms with Gasteiger partial charge in [0.15, 0.2) is 5.78 Å². The van der Waals surface area contributed by atoms with Gasteiger partial charge in [0.25, 0.3) is 0 Å². The van der Waals surface area contributed by atoms with E-state index < -0.39 is 29.9 Å². The summed E-state index contributed by atoms with van der Waals surface area (Å²) in [5.41, 5.74) is 0.0879. The molecule has 7 nitrogen and oxygen atoms in total. The molecule has 0 aliphatic heterocycles. The maximum absolute atomic E-state index is 12.0. The van der Waals surface area contributed by atoms with Gasteiger partial charge in [-0.1, -0.05) is 18.7 Å². The van der Waals surface area contributed by atoms with Gasteiger partial charge in [-0.2, -0.15) is 0 Å². The minimum absolute atomic E-state index is 0.0162. The van der Waals surface area contributed by atoms with Gasteiger partial charge in [0.1, 0.15) is 12.7 Å². The molecule has 2 atom stereocenters. The lowest BCUT2D eigenvalue weighted by molar-refractivity contribution is -0.122. The third-order valence-corrected chi connectivity index (χ3v) is 3.26. The van der Waals surface area contributed by atoms with Crippen molar-refractivity contribution in [1.82, 2.24) is 0 Å². The highest BCUT2D eigenvalue weighted by Gasteiger charge is 2.20. The van der Waals surface area contributed by atoms with Crippen LogP contribution >= 0.6 is 0 Å². The largest absolute Gasteiger partial charge is 0.465 e. The van der Waals surface area contributed by atoms with E-state index in [0.717, 1.165) is 6.08 Å². The first-order valence-corrected chi connectivity index (χ1v) is 7.27. The third kappa shape index (κ3) is 5.60. The zero-order valence-corrected chi connectivity index (χ0v) is 13.3. The van der Waals surface area contributed by atoms with Crippen molar-refractivity contribution >= 4 is 17.7 Å². The summed E-state index contributed by atoms with van der Waals surface area (Å²) in [5.74, 6) is -1.99. The van der Waals surface area contributed by atoms with Crippen molar-refractivity contribution in [3.8, 4) is 0 Å². The first kappa shape index (κ1) is 19.5. The Labute approximate surface area is 139 Å². The fourth-order valence-electron chi connectivity index (χ4n) is 1.91. The summed E-state index contributed by atoms with van der Waals surface area (Å²) in [7, 11) is 1.20. The lowest BCUT2D eigenvalue weighted by Crippen LogP contribution is -2.24. The summed E-state index contributed by atoms with van der Waals surface area (Å²) >= 11 is 0. The number of aliphatic hydroxyl groups is 2. The predicted octanol–water partition coefficient (Wildman–Crippen LogP) is 0.887. The molecule has 2 N–H and O–H groups in total. The second kappa shape index (κ2) is 9.59. The summed E-state index contributed by atoms with van der Waals surface area (Å²) in [5, 5.41) is 19.2. The Bertz CT molecular complexity index is 609. The number of carbonyl (C=O) groups is 3. The van der Waals surface area contributed by atoms with E-state index in [1.807, 2.05) is 0 Å². The lowest BCUT2D eigenvalue weighted by atomic mass is 10.1. The SMILES string of the molecule is C=CC(=O)C(O)CCC(O)COC(=O)c1ccccc1C(=O)OC. The zero-order valence-electron chi connectivity index (χ0n) is 13.3. The third-order valence-electron chi connectivity index (χ3n) is 3.26. The second-order valence-electron chi connectivity index (χ2n) is 4.99. The number of hydrogen-bond acceptors (Lipinski definition) is 7. The number of hydrogen-bond donors (Lipinski definition) is 2. The Kier molecular flexibility index (Phi) is 7.81. The van der Waals surface area contributed by atoms with Gasteiger partial charge >= 0.3 is 11.9 Å². The Morgan fingerprint density at radius 2 is 1.71 bits per heavy atom. The average Bonchev–Trinajstić information content (AvgIpc) is 2.62. The van der Waals surface area contributed by atoms with Gasteiger partial charge in [0.05, 0.1) is 24.3 Å². The van der Waals surface area contributed by atoms with Gasteiger partial charge in [-0.3, -0.25) is 4.79 Å². The molecule has 1 aromatic rings. The molecule has 0 aromatic heterocycles. The molecule has 0 saturated carbocycles. The molecule has 24 heavy (non-hydrogen) atoms. The first-order chi connectivity index (χ1) is 11.4. The quantitative estimate of drug-likeness (QED) is 0.509. The van der Waals surface area contributed by atoms with Crippen molar-refractivity contribution < 1.29 is 34.1 Å². The van der Waals surface area contributed by atoms with E-state index in [2.05, 4.69) is 11.3 Å². The molecule has 1 rings (SSSR count). The molecule has 7 heteroatoms. The van der Waals surface area contributed by atoms with Gasteiger partial charge in [-0.15, -0.1) is 0 Å². The Balaban J connectivity index is 2.56. The maximum atomic E-state index is 12.0. The van der Waals surface area contributed by atoms with Crippen LogP contribution in [0.3, 0.4) is 0 Å². The van der Waals surface area contributed by atoms with Crippen molar-refractivity contribution in [1.29, 1.82) is 0 Å². The molecule has 0 fully saturated rings. The van der Waals surface area contributed by atoms with E-state index in [9.17, 15) is 24.6 Å². The number of rotatable bonds is 9. The van der Waals surface area contributed by atoms with E-state index in [1.165, 1.54) is 19.2 Å². The highest BCUT2D eigenvalue weighted by molar-refractivity contribution is 6.03. The van der Waals surface area contributed by atoms with Gasteiger partial charge in [0.2, 0.25) is 0 Å². The van der Waals surface area contributed by atoms with Gasteiger partial charge in [-0.25, -0.2) is 9.59 Å². The molecule has 0 bridgehead atoms. The van der Waals surface area contributed by atoms with Crippen molar-refractivity contribution in [3.05, 3.63) is 48.0 Å². The summed E-state index contributed by atoms with van der Waals surface area (Å²) in [6.45, 7) is 2.92. The number of carbonyl (C=O) groups excluding carboxylic acids is 3. The smallest absolute Gasteiger partial charge is 0.339 e. The highest BCUT2D eigenvalue weighted by Crippen LogP contribution is 2.12. The first-order valence-electron chi connectivity index (χ1n) is 7.27. The normalized spacial score (nSPS) is 12.8. The molecule has 0 aliphatic rings. The van der Waals surface area contributed by atoms with E-state index in [0.29, 0.717) is 0 Å². The van der Waals surface area contributed by atoms with Crippen LogP contribution in [0.4, 0.5) is 0 Å². The van der Waals surface area contributed by atoms with E-state index in [-0.39, 0.29) is 30.6 Å². The predicted molar refractivity (Wildman–Crippen MR) is 84.5 cm³/mol. The van der Waals surface area contributed by atoms with E-state index in [4.69, 9.17) is 4.74 Å². The minimum atomic E-state index is -1.24. The summed E-state index contributed by atoms with van der Waals surface area (Å²) in [6, 6.07) is 5.98. The van der Waals surface area contributed by atoms with Crippen LogP contribution < -0.4 is 0 Å². The monoisotopic (exact) mass is 336 g/mol. The number of aliphatic hydroxyl groups excluding tert-OH is 2. The van der Waals surface area contributed by atoms with Gasteiger partial charge < -0.3 is 19.7 Å². The maximum Gasteiger partial charge on any atom is 0.339 e. The molecule has 0 saturated heterocycles. The molecular formula is C17H20O7. The number of esters is 2. The highest BCUT2D eigenvalue weighted by atomic mass is 16.5. The van der Waals surface area contributed by atoms with Crippen LogP contribution in [0.2, 0.25) is 0 Å². The van der Waals surface area contributed by atoms with Crippen LogP contribution in [0, 0.1) is 0 Å². The Morgan fingerprint density at radius 3 is 2.25 bits per heavy atom. The van der Waals surface area contributed by atoms with Crippen LogP contribution in [0.25, 0.3) is 0 Å². The molecule has 130 valence electrons. The van der Waals surface area contributed by atoms with Crippen molar-refractivity contribution in [2.45, 2.75) is 25.0 Å². The molecule has 0 aliphatic carbocycles. The molecule has 2 unspecified atom stereocenters. The molecule has 1 aromatic carbocycles. The van der Waals surface area contributed by atoms with Crippen molar-refractivity contribution in [2.75, 3.05) is 13.7 Å². The average molecular weight is 336 g/mol. The van der Waals surface area contributed by atoms with E-state index >= 15 is 0 Å². The van der Waals surface area contributed by atoms with Crippen LogP contribution in [0.5, 0.6) is 0 Å².